The quantitative estimate of drug-likeness (QED) is 0.346. The second-order valence-corrected chi connectivity index (χ2v) is 6.15. The Morgan fingerprint density at radius 3 is 2.65 bits per heavy atom. The van der Waals surface area contributed by atoms with Crippen LogP contribution in [0.15, 0.2) is 71.2 Å². The number of hydrogen-bond acceptors (Lipinski definition) is 2. The van der Waals surface area contributed by atoms with Crippen molar-refractivity contribution in [3.63, 3.8) is 0 Å². The fourth-order valence-electron chi connectivity index (χ4n) is 2.42. The third kappa shape index (κ3) is 3.69. The van der Waals surface area contributed by atoms with Crippen LogP contribution in [-0.4, -0.2) is 5.97 Å². The molecule has 0 aliphatic carbocycles. The van der Waals surface area contributed by atoms with Gasteiger partial charge in [-0.1, -0.05) is 58.4 Å². The smallest absolute Gasteiger partial charge is 0.336 e. The highest BCUT2D eigenvalue weighted by Gasteiger charge is 2.05. The first-order valence-corrected chi connectivity index (χ1v) is 8.06. The Morgan fingerprint density at radius 1 is 1.04 bits per heavy atom. The van der Waals surface area contributed by atoms with Crippen molar-refractivity contribution in [2.45, 2.75) is 6.92 Å². The summed E-state index contributed by atoms with van der Waals surface area (Å²) in [6, 6.07) is 19.6. The lowest BCUT2D eigenvalue weighted by Gasteiger charge is -2.05. The van der Waals surface area contributed by atoms with Gasteiger partial charge in [-0.15, -0.1) is 0 Å². The van der Waals surface area contributed by atoms with Crippen LogP contribution in [0.2, 0.25) is 0 Å². The Labute approximate surface area is 143 Å². The number of fused-ring (bicyclic) bond motifs is 1. The molecule has 0 aliphatic heterocycles. The molecule has 3 heteroatoms. The van der Waals surface area contributed by atoms with Gasteiger partial charge in [0.05, 0.1) is 0 Å². The van der Waals surface area contributed by atoms with Crippen molar-refractivity contribution < 1.29 is 9.53 Å². The van der Waals surface area contributed by atoms with Crippen LogP contribution in [-0.2, 0) is 4.79 Å². The first-order valence-electron chi connectivity index (χ1n) is 7.27. The summed E-state index contributed by atoms with van der Waals surface area (Å²) >= 11 is 3.39. The van der Waals surface area contributed by atoms with Crippen molar-refractivity contribution in [1.29, 1.82) is 0 Å². The Bertz CT molecular complexity index is 892. The van der Waals surface area contributed by atoms with E-state index in [0.717, 1.165) is 26.4 Å². The van der Waals surface area contributed by atoms with Gasteiger partial charge in [0.25, 0.3) is 0 Å². The Hall–Kier alpha value is -2.39. The summed E-state index contributed by atoms with van der Waals surface area (Å²) in [7, 11) is 0. The molecule has 0 bridgehead atoms. The molecule has 0 amide bonds. The van der Waals surface area contributed by atoms with Gasteiger partial charge in [-0.3, -0.25) is 0 Å². The first kappa shape index (κ1) is 15.5. The maximum absolute atomic E-state index is 12.0. The number of rotatable bonds is 3. The largest absolute Gasteiger partial charge is 0.423 e. The third-order valence-corrected chi connectivity index (χ3v) is 4.06. The minimum atomic E-state index is -0.386. The van der Waals surface area contributed by atoms with Crippen molar-refractivity contribution in [2.75, 3.05) is 0 Å². The van der Waals surface area contributed by atoms with Gasteiger partial charge < -0.3 is 4.74 Å². The summed E-state index contributed by atoms with van der Waals surface area (Å²) in [6.45, 7) is 1.90. The van der Waals surface area contributed by atoms with Gasteiger partial charge in [-0.2, -0.15) is 0 Å². The van der Waals surface area contributed by atoms with Crippen LogP contribution in [0.25, 0.3) is 16.8 Å². The highest BCUT2D eigenvalue weighted by Crippen LogP contribution is 2.23. The number of hydrogen-bond donors (Lipinski definition) is 0. The van der Waals surface area contributed by atoms with Crippen LogP contribution in [0.1, 0.15) is 11.1 Å². The van der Waals surface area contributed by atoms with E-state index in [2.05, 4.69) is 28.1 Å². The summed E-state index contributed by atoms with van der Waals surface area (Å²) in [5.41, 5.74) is 1.90. The lowest BCUT2D eigenvalue weighted by Crippen LogP contribution is -2.04. The van der Waals surface area contributed by atoms with Gasteiger partial charge in [0.15, 0.2) is 0 Å². The number of benzene rings is 3. The monoisotopic (exact) mass is 366 g/mol. The van der Waals surface area contributed by atoms with Crippen LogP contribution in [0.4, 0.5) is 0 Å². The zero-order valence-corrected chi connectivity index (χ0v) is 14.2. The molecular weight excluding hydrogens is 352 g/mol. The number of carbonyl (C=O) groups is 1. The number of aryl methyl sites for hydroxylation is 1. The lowest BCUT2D eigenvalue weighted by atomic mass is 10.0. The number of esters is 1. The molecule has 0 aliphatic rings. The van der Waals surface area contributed by atoms with Gasteiger partial charge in [0.2, 0.25) is 0 Å². The van der Waals surface area contributed by atoms with Crippen molar-refractivity contribution in [2.24, 2.45) is 0 Å². The normalized spacial score (nSPS) is 11.0. The Balaban J connectivity index is 1.80. The number of ether oxygens (including phenoxy) is 1. The van der Waals surface area contributed by atoms with Gasteiger partial charge in [-0.25, -0.2) is 4.79 Å². The fraction of sp³-hybridized carbons (Fsp3) is 0.0500. The molecule has 0 fully saturated rings. The number of halogens is 1. The van der Waals surface area contributed by atoms with Crippen LogP contribution in [0.5, 0.6) is 5.75 Å². The standard InChI is InChI=1S/C20H15BrO2/c1-14-13-17(21)10-11-19(14)23-20(22)12-9-16-7-4-6-15-5-2-3-8-18(15)16/h2-13H,1H3/b12-9+. The molecule has 0 saturated carbocycles. The maximum atomic E-state index is 12.0. The molecule has 0 N–H and O–H groups in total. The topological polar surface area (TPSA) is 26.3 Å². The van der Waals surface area contributed by atoms with E-state index >= 15 is 0 Å². The zero-order chi connectivity index (χ0) is 16.2. The molecule has 114 valence electrons. The summed E-state index contributed by atoms with van der Waals surface area (Å²) in [6.07, 6.45) is 3.25. The predicted molar refractivity (Wildman–Crippen MR) is 97.5 cm³/mol. The summed E-state index contributed by atoms with van der Waals surface area (Å²) < 4.78 is 6.35. The van der Waals surface area contributed by atoms with E-state index in [-0.39, 0.29) is 5.97 Å². The van der Waals surface area contributed by atoms with Crippen molar-refractivity contribution >= 4 is 38.7 Å². The maximum Gasteiger partial charge on any atom is 0.336 e. The number of carbonyl (C=O) groups excluding carboxylic acids is 1. The average molecular weight is 367 g/mol. The lowest BCUT2D eigenvalue weighted by molar-refractivity contribution is -0.128. The Morgan fingerprint density at radius 2 is 1.83 bits per heavy atom. The minimum absolute atomic E-state index is 0.386. The van der Waals surface area contributed by atoms with Crippen LogP contribution < -0.4 is 4.74 Å². The van der Waals surface area contributed by atoms with E-state index in [1.165, 1.54) is 6.08 Å². The van der Waals surface area contributed by atoms with Gasteiger partial charge in [-0.05, 0) is 53.1 Å². The second-order valence-electron chi connectivity index (χ2n) is 5.23. The average Bonchev–Trinajstić information content (AvgIpc) is 2.55. The highest BCUT2D eigenvalue weighted by atomic mass is 79.9. The van der Waals surface area contributed by atoms with E-state index in [0.29, 0.717) is 5.75 Å². The summed E-state index contributed by atoms with van der Waals surface area (Å²) in [4.78, 5) is 12.0. The van der Waals surface area contributed by atoms with Gasteiger partial charge in [0, 0.05) is 10.5 Å². The minimum Gasteiger partial charge on any atom is -0.423 e. The molecule has 23 heavy (non-hydrogen) atoms. The predicted octanol–water partition coefficient (Wildman–Crippen LogP) is 5.53. The molecular formula is C20H15BrO2. The van der Waals surface area contributed by atoms with E-state index in [1.807, 2.05) is 49.4 Å². The van der Waals surface area contributed by atoms with E-state index in [9.17, 15) is 4.79 Å². The van der Waals surface area contributed by atoms with Crippen molar-refractivity contribution in [3.05, 3.63) is 82.3 Å². The molecule has 3 aromatic carbocycles. The zero-order valence-electron chi connectivity index (χ0n) is 12.6. The molecule has 3 rings (SSSR count). The highest BCUT2D eigenvalue weighted by molar-refractivity contribution is 9.10. The first-order chi connectivity index (χ1) is 11.1. The molecule has 0 aromatic heterocycles. The molecule has 0 atom stereocenters. The fourth-order valence-corrected chi connectivity index (χ4v) is 2.90. The second kappa shape index (κ2) is 6.80. The van der Waals surface area contributed by atoms with Crippen molar-refractivity contribution in [1.82, 2.24) is 0 Å². The van der Waals surface area contributed by atoms with E-state index < -0.39 is 0 Å². The summed E-state index contributed by atoms with van der Waals surface area (Å²) in [5, 5.41) is 2.26. The van der Waals surface area contributed by atoms with Gasteiger partial charge in [0.1, 0.15) is 5.75 Å². The van der Waals surface area contributed by atoms with Gasteiger partial charge >= 0.3 is 5.97 Å². The SMILES string of the molecule is Cc1cc(Br)ccc1OC(=O)/C=C/c1cccc2ccccc12. The van der Waals surface area contributed by atoms with Crippen molar-refractivity contribution in [3.8, 4) is 5.75 Å². The molecule has 0 radical (unpaired) electrons. The molecule has 0 unspecified atom stereocenters. The summed E-state index contributed by atoms with van der Waals surface area (Å²) in [5.74, 6) is 0.184. The third-order valence-electron chi connectivity index (χ3n) is 3.57. The molecule has 0 heterocycles. The van der Waals surface area contributed by atoms with Crippen LogP contribution >= 0.6 is 15.9 Å². The molecule has 0 spiro atoms. The van der Waals surface area contributed by atoms with E-state index in [1.54, 1.807) is 12.1 Å². The molecule has 3 aromatic rings. The Kier molecular flexibility index (Phi) is 4.58. The molecule has 2 nitrogen and oxygen atoms in total. The van der Waals surface area contributed by atoms with Crippen LogP contribution in [0, 0.1) is 6.92 Å². The molecule has 0 saturated heterocycles. The van der Waals surface area contributed by atoms with Crippen LogP contribution in [0.3, 0.4) is 0 Å². The van der Waals surface area contributed by atoms with E-state index in [4.69, 9.17) is 4.74 Å².